The lowest BCUT2D eigenvalue weighted by Crippen LogP contribution is -2.48. The Hall–Kier alpha value is -1.98. The largest absolute Gasteiger partial charge is 0.315 e. The van der Waals surface area contributed by atoms with Crippen LogP contribution in [0.2, 0.25) is 5.02 Å². The van der Waals surface area contributed by atoms with Crippen LogP contribution < -0.4 is 5.32 Å². The highest BCUT2D eigenvalue weighted by Crippen LogP contribution is 2.40. The van der Waals surface area contributed by atoms with E-state index in [1.807, 2.05) is 0 Å². The lowest BCUT2D eigenvalue weighted by Gasteiger charge is -2.34. The molecule has 1 aromatic heterocycles. The zero-order valence-corrected chi connectivity index (χ0v) is 19.9. The van der Waals surface area contributed by atoms with Crippen LogP contribution in [0.1, 0.15) is 41.3 Å². The highest BCUT2D eigenvalue weighted by molar-refractivity contribution is 7.16. The van der Waals surface area contributed by atoms with Gasteiger partial charge in [-0.25, -0.2) is 4.39 Å². The van der Waals surface area contributed by atoms with Crippen LogP contribution in [0.15, 0.2) is 18.2 Å². The molecular formula is C24H28ClFN4OS. The van der Waals surface area contributed by atoms with Crippen molar-refractivity contribution in [2.24, 2.45) is 5.92 Å². The first-order valence-corrected chi connectivity index (χ1v) is 12.4. The van der Waals surface area contributed by atoms with Crippen molar-refractivity contribution in [3.63, 3.8) is 0 Å². The number of rotatable bonds is 6. The van der Waals surface area contributed by atoms with Crippen molar-refractivity contribution >= 4 is 33.8 Å². The standard InChI is InChI=1S/C24H28ClFN4OS/c1-2-16-3-5-18-19(13-27)24(32-22(18)12-16)28-23(31)15-30-9-7-29(8-10-30)14-17-4-6-21(26)20(25)11-17/h4,6,11,16H,2-3,5,7-10,12,14-15H2,1H3,(H,28,31). The van der Waals surface area contributed by atoms with Gasteiger partial charge >= 0.3 is 0 Å². The topological polar surface area (TPSA) is 59.4 Å². The minimum absolute atomic E-state index is 0.0640. The number of carbonyl (C=O) groups is 1. The number of thiophene rings is 1. The fraction of sp³-hybridized carbons (Fsp3) is 0.500. The van der Waals surface area contributed by atoms with Crippen molar-refractivity contribution in [1.82, 2.24) is 9.80 Å². The van der Waals surface area contributed by atoms with E-state index in [1.165, 1.54) is 10.9 Å². The fourth-order valence-corrected chi connectivity index (χ4v) is 6.11. The van der Waals surface area contributed by atoms with Crippen LogP contribution in [0.5, 0.6) is 0 Å². The van der Waals surface area contributed by atoms with Gasteiger partial charge in [-0.3, -0.25) is 14.6 Å². The van der Waals surface area contributed by atoms with Gasteiger partial charge in [-0.2, -0.15) is 5.26 Å². The molecule has 1 aliphatic carbocycles. The number of piperazine rings is 1. The SMILES string of the molecule is CCC1CCc2c(sc(NC(=O)CN3CCN(Cc4ccc(F)c(Cl)c4)CC3)c2C#N)C1. The molecule has 5 nitrogen and oxygen atoms in total. The summed E-state index contributed by atoms with van der Waals surface area (Å²) >= 11 is 7.46. The molecule has 0 radical (unpaired) electrons. The number of carbonyl (C=O) groups excluding carboxylic acids is 1. The van der Waals surface area contributed by atoms with E-state index in [4.69, 9.17) is 11.6 Å². The van der Waals surface area contributed by atoms with E-state index in [9.17, 15) is 14.4 Å². The molecule has 0 bridgehead atoms. The molecule has 0 saturated carbocycles. The first kappa shape index (κ1) is 23.2. The van der Waals surface area contributed by atoms with Gasteiger partial charge in [0.05, 0.1) is 17.1 Å². The molecule has 2 aliphatic rings. The Morgan fingerprint density at radius 1 is 1.31 bits per heavy atom. The third-order valence-corrected chi connectivity index (χ3v) is 7.99. The second-order valence-corrected chi connectivity index (χ2v) is 10.2. The predicted octanol–water partition coefficient (Wildman–Crippen LogP) is 4.68. The number of hydrogen-bond donors (Lipinski definition) is 1. The fourth-order valence-electron chi connectivity index (χ4n) is 4.58. The summed E-state index contributed by atoms with van der Waals surface area (Å²) < 4.78 is 13.3. The van der Waals surface area contributed by atoms with Gasteiger partial charge in [0, 0.05) is 37.6 Å². The summed E-state index contributed by atoms with van der Waals surface area (Å²) in [5.41, 5.74) is 2.79. The van der Waals surface area contributed by atoms with Crippen molar-refractivity contribution in [1.29, 1.82) is 5.26 Å². The van der Waals surface area contributed by atoms with Crippen molar-refractivity contribution in [2.45, 2.75) is 39.2 Å². The second kappa shape index (κ2) is 10.3. The molecule has 1 N–H and O–H groups in total. The Morgan fingerprint density at radius 2 is 2.06 bits per heavy atom. The average Bonchev–Trinajstić information content (AvgIpc) is 3.13. The van der Waals surface area contributed by atoms with E-state index in [2.05, 4.69) is 28.1 Å². The molecule has 1 atom stereocenters. The van der Waals surface area contributed by atoms with Crippen molar-refractivity contribution in [3.8, 4) is 6.07 Å². The van der Waals surface area contributed by atoms with Gasteiger partial charge in [-0.1, -0.05) is 31.0 Å². The molecule has 0 spiro atoms. The Kier molecular flexibility index (Phi) is 7.47. The molecular weight excluding hydrogens is 447 g/mol. The maximum Gasteiger partial charge on any atom is 0.239 e. The number of anilines is 1. The van der Waals surface area contributed by atoms with Crippen molar-refractivity contribution in [2.75, 3.05) is 38.0 Å². The minimum Gasteiger partial charge on any atom is -0.315 e. The molecule has 32 heavy (non-hydrogen) atoms. The van der Waals surface area contributed by atoms with Gasteiger partial charge in [0.1, 0.15) is 16.9 Å². The number of fused-ring (bicyclic) bond motifs is 1. The summed E-state index contributed by atoms with van der Waals surface area (Å²) in [6.07, 6.45) is 4.23. The van der Waals surface area contributed by atoms with Gasteiger partial charge in [0.2, 0.25) is 5.91 Å². The van der Waals surface area contributed by atoms with E-state index in [0.29, 0.717) is 29.6 Å². The maximum absolute atomic E-state index is 13.3. The number of nitrogens with one attached hydrogen (secondary N) is 1. The smallest absolute Gasteiger partial charge is 0.239 e. The van der Waals surface area contributed by atoms with Crippen LogP contribution in [0.25, 0.3) is 0 Å². The van der Waals surface area contributed by atoms with Crippen molar-refractivity contribution < 1.29 is 9.18 Å². The molecule has 1 aromatic carbocycles. The van der Waals surface area contributed by atoms with E-state index >= 15 is 0 Å². The number of amides is 1. The predicted molar refractivity (Wildman–Crippen MR) is 127 cm³/mol. The lowest BCUT2D eigenvalue weighted by atomic mass is 9.86. The van der Waals surface area contributed by atoms with Crippen LogP contribution in [0.3, 0.4) is 0 Å². The third kappa shape index (κ3) is 5.32. The second-order valence-electron chi connectivity index (χ2n) is 8.69. The number of benzene rings is 1. The molecule has 2 heterocycles. The highest BCUT2D eigenvalue weighted by atomic mass is 35.5. The highest BCUT2D eigenvalue weighted by Gasteiger charge is 2.26. The van der Waals surface area contributed by atoms with Gasteiger partial charge in [0.15, 0.2) is 0 Å². The molecule has 2 aromatic rings. The first-order chi connectivity index (χ1) is 15.5. The van der Waals surface area contributed by atoms with E-state index < -0.39 is 5.82 Å². The molecule has 1 saturated heterocycles. The molecule has 170 valence electrons. The zero-order valence-electron chi connectivity index (χ0n) is 18.3. The van der Waals surface area contributed by atoms with Crippen LogP contribution in [0, 0.1) is 23.1 Å². The molecule has 4 rings (SSSR count). The molecule has 1 fully saturated rings. The van der Waals surface area contributed by atoms with Crippen LogP contribution in [-0.4, -0.2) is 48.4 Å². The molecule has 1 amide bonds. The Bertz CT molecular complexity index is 1030. The van der Waals surface area contributed by atoms with E-state index in [1.54, 1.807) is 23.5 Å². The van der Waals surface area contributed by atoms with E-state index in [-0.39, 0.29) is 10.9 Å². The summed E-state index contributed by atoms with van der Waals surface area (Å²) in [6.45, 7) is 6.48. The molecule has 1 aliphatic heterocycles. The third-order valence-electron chi connectivity index (χ3n) is 6.53. The van der Waals surface area contributed by atoms with Crippen molar-refractivity contribution in [3.05, 3.63) is 50.6 Å². The Morgan fingerprint density at radius 3 is 2.75 bits per heavy atom. The van der Waals surface area contributed by atoms with E-state index in [0.717, 1.165) is 63.0 Å². The van der Waals surface area contributed by atoms with Crippen LogP contribution in [0.4, 0.5) is 9.39 Å². The summed E-state index contributed by atoms with van der Waals surface area (Å²) in [5, 5.41) is 13.5. The zero-order chi connectivity index (χ0) is 22.7. The Balaban J connectivity index is 1.29. The average molecular weight is 475 g/mol. The summed E-state index contributed by atoms with van der Waals surface area (Å²) in [5.74, 6) is 0.215. The van der Waals surface area contributed by atoms with Gasteiger partial charge in [-0.05, 0) is 48.4 Å². The summed E-state index contributed by atoms with van der Waals surface area (Å²) in [4.78, 5) is 18.4. The number of nitrogens with zero attached hydrogens (tertiary/aromatic N) is 3. The molecule has 1 unspecified atom stereocenters. The Labute approximate surface area is 197 Å². The number of nitriles is 1. The normalized spacial score (nSPS) is 19.4. The van der Waals surface area contributed by atoms with Gasteiger partial charge < -0.3 is 5.32 Å². The van der Waals surface area contributed by atoms with Gasteiger partial charge in [0.25, 0.3) is 0 Å². The molecule has 8 heteroatoms. The quantitative estimate of drug-likeness (QED) is 0.660. The number of halogens is 2. The monoisotopic (exact) mass is 474 g/mol. The lowest BCUT2D eigenvalue weighted by molar-refractivity contribution is -0.117. The minimum atomic E-state index is -0.400. The van der Waals surface area contributed by atoms with Crippen LogP contribution >= 0.6 is 22.9 Å². The van der Waals surface area contributed by atoms with Crippen LogP contribution in [-0.2, 0) is 24.2 Å². The first-order valence-electron chi connectivity index (χ1n) is 11.2. The van der Waals surface area contributed by atoms with Gasteiger partial charge in [-0.15, -0.1) is 11.3 Å². The summed E-state index contributed by atoms with van der Waals surface area (Å²) in [6, 6.07) is 7.16. The number of hydrogen-bond acceptors (Lipinski definition) is 5. The summed E-state index contributed by atoms with van der Waals surface area (Å²) in [7, 11) is 0. The maximum atomic E-state index is 13.3.